The lowest BCUT2D eigenvalue weighted by Crippen LogP contribution is -2.52. The van der Waals surface area contributed by atoms with Crippen LogP contribution in [0.1, 0.15) is 35.0 Å². The Hall–Kier alpha value is -3.28. The van der Waals surface area contributed by atoms with Crippen molar-refractivity contribution in [2.45, 2.75) is 25.3 Å². The zero-order valence-corrected chi connectivity index (χ0v) is 17.0. The van der Waals surface area contributed by atoms with Crippen LogP contribution in [0.4, 0.5) is 5.69 Å². The van der Waals surface area contributed by atoms with Gasteiger partial charge in [-0.2, -0.15) is 0 Å². The van der Waals surface area contributed by atoms with Crippen LogP contribution in [0.3, 0.4) is 0 Å². The molecule has 1 aromatic carbocycles. The van der Waals surface area contributed by atoms with E-state index in [-0.39, 0.29) is 11.4 Å². The van der Waals surface area contributed by atoms with Gasteiger partial charge in [-0.3, -0.25) is 4.79 Å². The average Bonchev–Trinajstić information content (AvgIpc) is 3.53. The van der Waals surface area contributed by atoms with E-state index in [0.717, 1.165) is 54.3 Å². The number of pyridine rings is 1. The Bertz CT molecular complexity index is 1150. The van der Waals surface area contributed by atoms with Gasteiger partial charge in [0.15, 0.2) is 5.82 Å². The monoisotopic (exact) mass is 400 g/mol. The lowest BCUT2D eigenvalue weighted by molar-refractivity contribution is 0.0782. The number of ether oxygens (including phenoxy) is 1. The summed E-state index contributed by atoms with van der Waals surface area (Å²) in [6, 6.07) is 14.2. The Morgan fingerprint density at radius 1 is 1.23 bits per heavy atom. The number of hydrogen-bond donors (Lipinski definition) is 0. The number of amides is 1. The van der Waals surface area contributed by atoms with E-state index in [9.17, 15) is 4.79 Å². The third-order valence-corrected chi connectivity index (χ3v) is 6.81. The van der Waals surface area contributed by atoms with E-state index in [2.05, 4.69) is 45.8 Å². The van der Waals surface area contributed by atoms with E-state index in [0.29, 0.717) is 13.2 Å². The first kappa shape index (κ1) is 17.6. The third kappa shape index (κ3) is 2.30. The number of benzene rings is 1. The minimum Gasteiger partial charge on any atom is -0.493 e. The molecular weight excluding hydrogens is 376 g/mol. The molecule has 1 fully saturated rings. The van der Waals surface area contributed by atoms with E-state index in [1.807, 2.05) is 35.4 Å². The molecule has 0 aliphatic carbocycles. The zero-order valence-electron chi connectivity index (χ0n) is 17.0. The predicted octanol–water partition coefficient (Wildman–Crippen LogP) is 3.39. The van der Waals surface area contributed by atoms with Crippen molar-refractivity contribution in [3.05, 3.63) is 71.7 Å². The van der Waals surface area contributed by atoms with Gasteiger partial charge in [-0.15, -0.1) is 0 Å². The molecule has 2 aromatic heterocycles. The number of likely N-dealkylation sites (N-methyl/N-ethyl adjacent to an activating group) is 1. The van der Waals surface area contributed by atoms with Gasteiger partial charge < -0.3 is 19.1 Å². The van der Waals surface area contributed by atoms with Gasteiger partial charge in [-0.25, -0.2) is 4.98 Å². The molecule has 3 aliphatic rings. The van der Waals surface area contributed by atoms with Gasteiger partial charge in [0.05, 0.1) is 18.0 Å². The summed E-state index contributed by atoms with van der Waals surface area (Å²) in [4.78, 5) is 22.5. The van der Waals surface area contributed by atoms with E-state index in [4.69, 9.17) is 4.74 Å². The highest BCUT2D eigenvalue weighted by molar-refractivity contribution is 5.95. The number of rotatable bonds is 2. The Morgan fingerprint density at radius 2 is 2.17 bits per heavy atom. The number of likely N-dealkylation sites (tertiary alicyclic amines) is 1. The Kier molecular flexibility index (Phi) is 3.72. The summed E-state index contributed by atoms with van der Waals surface area (Å²) in [5.74, 6) is 1.98. The van der Waals surface area contributed by atoms with Gasteiger partial charge in [-0.1, -0.05) is 0 Å². The first-order chi connectivity index (χ1) is 14.7. The summed E-state index contributed by atoms with van der Waals surface area (Å²) < 4.78 is 7.80. The molecule has 5 heterocycles. The largest absolute Gasteiger partial charge is 0.493 e. The van der Waals surface area contributed by atoms with Gasteiger partial charge in [-0.05, 0) is 61.4 Å². The van der Waals surface area contributed by atoms with Crippen molar-refractivity contribution < 1.29 is 9.53 Å². The number of carbonyl (C=O) groups is 1. The molecule has 1 amide bonds. The molecule has 6 rings (SSSR count). The van der Waals surface area contributed by atoms with Crippen LogP contribution < -0.4 is 9.64 Å². The van der Waals surface area contributed by atoms with Crippen LogP contribution in [-0.2, 0) is 12.0 Å². The maximum atomic E-state index is 13.4. The molecule has 0 unspecified atom stereocenters. The van der Waals surface area contributed by atoms with Crippen LogP contribution in [0.15, 0.2) is 54.9 Å². The average molecular weight is 400 g/mol. The summed E-state index contributed by atoms with van der Waals surface area (Å²) in [6.07, 6.45) is 5.71. The first-order valence-corrected chi connectivity index (χ1v) is 10.7. The van der Waals surface area contributed by atoms with Crippen molar-refractivity contribution in [1.82, 2.24) is 14.5 Å². The Labute approximate surface area is 175 Å². The number of anilines is 1. The lowest BCUT2D eigenvalue weighted by atomic mass is 9.89. The molecular formula is C24H24N4O2. The van der Waals surface area contributed by atoms with Crippen molar-refractivity contribution in [2.75, 3.05) is 31.1 Å². The maximum absolute atomic E-state index is 13.4. The number of carbonyl (C=O) groups excluding carboxylic acids is 1. The summed E-state index contributed by atoms with van der Waals surface area (Å²) in [6.45, 7) is 5.16. The van der Waals surface area contributed by atoms with Crippen LogP contribution in [-0.4, -0.2) is 46.6 Å². The molecule has 30 heavy (non-hydrogen) atoms. The lowest BCUT2D eigenvalue weighted by Gasteiger charge is -2.46. The first-order valence-electron chi connectivity index (χ1n) is 10.7. The molecule has 1 spiro atoms. The second-order valence-corrected chi connectivity index (χ2v) is 8.28. The normalized spacial score (nSPS) is 21.4. The fraction of sp³-hybridized carbons (Fsp3) is 0.333. The second-order valence-electron chi connectivity index (χ2n) is 8.28. The van der Waals surface area contributed by atoms with Crippen molar-refractivity contribution in [3.8, 4) is 11.6 Å². The minimum absolute atomic E-state index is 0.104. The maximum Gasteiger partial charge on any atom is 0.253 e. The van der Waals surface area contributed by atoms with Crippen molar-refractivity contribution in [2.24, 2.45) is 0 Å². The SMILES string of the molecule is CCN1c2cccnc2-n2cccc2[C@]12CCN(C(=O)c1ccc3c(c1)CCO3)C2. The van der Waals surface area contributed by atoms with Crippen LogP contribution in [0, 0.1) is 0 Å². The Balaban J connectivity index is 1.38. The van der Waals surface area contributed by atoms with E-state index in [1.54, 1.807) is 0 Å². The molecule has 0 N–H and O–H groups in total. The van der Waals surface area contributed by atoms with E-state index >= 15 is 0 Å². The number of nitrogens with zero attached hydrogens (tertiary/aromatic N) is 4. The minimum atomic E-state index is -0.232. The topological polar surface area (TPSA) is 50.6 Å². The molecule has 1 atom stereocenters. The van der Waals surface area contributed by atoms with Crippen molar-refractivity contribution in [3.63, 3.8) is 0 Å². The summed E-state index contributed by atoms with van der Waals surface area (Å²) in [5.41, 5.74) is 4.01. The zero-order chi connectivity index (χ0) is 20.3. The molecule has 0 radical (unpaired) electrons. The van der Waals surface area contributed by atoms with E-state index < -0.39 is 0 Å². The van der Waals surface area contributed by atoms with Gasteiger partial charge in [0.25, 0.3) is 5.91 Å². The third-order valence-electron chi connectivity index (χ3n) is 6.81. The van der Waals surface area contributed by atoms with Gasteiger partial charge >= 0.3 is 0 Å². The van der Waals surface area contributed by atoms with Crippen LogP contribution in [0.25, 0.3) is 5.82 Å². The standard InChI is InChI=1S/C24H24N4O2/c1-2-28-19-5-3-11-25-22(19)27-12-4-6-21(27)24(28)10-13-26(16-24)23(29)18-7-8-20-17(15-18)9-14-30-20/h3-8,11-12,15H,2,9-10,13-14,16H2,1H3/t24-/m1/s1. The number of aromatic nitrogens is 2. The number of hydrogen-bond acceptors (Lipinski definition) is 4. The molecule has 3 aliphatic heterocycles. The summed E-state index contributed by atoms with van der Waals surface area (Å²) >= 11 is 0. The summed E-state index contributed by atoms with van der Waals surface area (Å²) in [7, 11) is 0. The van der Waals surface area contributed by atoms with Gasteiger partial charge in [0.2, 0.25) is 0 Å². The quantitative estimate of drug-likeness (QED) is 0.662. The Morgan fingerprint density at radius 3 is 3.07 bits per heavy atom. The molecule has 0 bridgehead atoms. The number of fused-ring (bicyclic) bond motifs is 5. The van der Waals surface area contributed by atoms with Gasteiger partial charge in [0.1, 0.15) is 11.3 Å². The smallest absolute Gasteiger partial charge is 0.253 e. The fourth-order valence-corrected chi connectivity index (χ4v) is 5.47. The van der Waals surface area contributed by atoms with E-state index in [1.165, 1.54) is 5.69 Å². The van der Waals surface area contributed by atoms with Crippen LogP contribution >= 0.6 is 0 Å². The molecule has 1 saturated heterocycles. The highest BCUT2D eigenvalue weighted by atomic mass is 16.5. The van der Waals surface area contributed by atoms with Crippen molar-refractivity contribution in [1.29, 1.82) is 0 Å². The molecule has 6 nitrogen and oxygen atoms in total. The molecule has 3 aromatic rings. The second kappa shape index (κ2) is 6.36. The highest BCUT2D eigenvalue weighted by Crippen LogP contribution is 2.47. The molecule has 0 saturated carbocycles. The fourth-order valence-electron chi connectivity index (χ4n) is 5.47. The predicted molar refractivity (Wildman–Crippen MR) is 114 cm³/mol. The highest BCUT2D eigenvalue weighted by Gasteiger charge is 2.50. The molecule has 6 heteroatoms. The molecule has 152 valence electrons. The van der Waals surface area contributed by atoms with Crippen molar-refractivity contribution >= 4 is 11.6 Å². The summed E-state index contributed by atoms with van der Waals surface area (Å²) in [5, 5.41) is 0. The van der Waals surface area contributed by atoms with Gasteiger partial charge in [0, 0.05) is 44.0 Å². The van der Waals surface area contributed by atoms with Crippen LogP contribution in [0.5, 0.6) is 5.75 Å². The van der Waals surface area contributed by atoms with Crippen LogP contribution in [0.2, 0.25) is 0 Å².